The molecule has 176 valence electrons. The second kappa shape index (κ2) is 9.70. The SMILES string of the molecule is C[N+]1(C(C(N)=O)c2cnccn2)CCCC1COC(=O)C(O)(c1ccccc1)c1ccccc1. The number of rotatable bonds is 8. The molecule has 0 spiro atoms. The highest BCUT2D eigenvalue weighted by Gasteiger charge is 2.50. The maximum Gasteiger partial charge on any atom is 0.347 e. The fourth-order valence-corrected chi connectivity index (χ4v) is 4.97. The molecule has 8 nitrogen and oxygen atoms in total. The summed E-state index contributed by atoms with van der Waals surface area (Å²) in [6, 6.07) is 16.6. The van der Waals surface area contributed by atoms with E-state index >= 15 is 0 Å². The number of likely N-dealkylation sites (tertiary alicyclic amines) is 1. The summed E-state index contributed by atoms with van der Waals surface area (Å²) < 4.78 is 6.03. The lowest BCUT2D eigenvalue weighted by Crippen LogP contribution is -2.57. The highest BCUT2D eigenvalue weighted by molar-refractivity contribution is 5.85. The first-order valence-electron chi connectivity index (χ1n) is 11.3. The van der Waals surface area contributed by atoms with Crippen molar-refractivity contribution in [2.45, 2.75) is 30.5 Å². The van der Waals surface area contributed by atoms with Crippen molar-refractivity contribution in [3.05, 3.63) is 96.1 Å². The molecule has 0 aliphatic carbocycles. The molecule has 34 heavy (non-hydrogen) atoms. The lowest BCUT2D eigenvalue weighted by molar-refractivity contribution is -0.941. The molecule has 1 amide bonds. The minimum atomic E-state index is -1.96. The molecule has 1 aliphatic heterocycles. The highest BCUT2D eigenvalue weighted by atomic mass is 16.6. The molecular weight excluding hydrogens is 432 g/mol. The third-order valence-corrected chi connectivity index (χ3v) is 6.82. The third-order valence-electron chi connectivity index (χ3n) is 6.82. The predicted octanol–water partition coefficient (Wildman–Crippen LogP) is 2.09. The number of hydrogen-bond donors (Lipinski definition) is 2. The van der Waals surface area contributed by atoms with Crippen LogP contribution in [0.25, 0.3) is 0 Å². The van der Waals surface area contributed by atoms with Crippen LogP contribution in [0.5, 0.6) is 0 Å². The molecule has 0 radical (unpaired) electrons. The summed E-state index contributed by atoms with van der Waals surface area (Å²) in [5.41, 5.74) is 5.17. The molecule has 2 heterocycles. The van der Waals surface area contributed by atoms with E-state index in [1.54, 1.807) is 60.9 Å². The summed E-state index contributed by atoms with van der Waals surface area (Å²) in [6.07, 6.45) is 6.19. The van der Waals surface area contributed by atoms with E-state index in [2.05, 4.69) is 9.97 Å². The van der Waals surface area contributed by atoms with Crippen LogP contribution in [0.1, 0.15) is 35.7 Å². The number of carbonyl (C=O) groups is 2. The van der Waals surface area contributed by atoms with Crippen molar-refractivity contribution in [3.63, 3.8) is 0 Å². The summed E-state index contributed by atoms with van der Waals surface area (Å²) >= 11 is 0. The zero-order valence-electron chi connectivity index (χ0n) is 19.1. The molecule has 3 atom stereocenters. The lowest BCUT2D eigenvalue weighted by atomic mass is 9.86. The smallest absolute Gasteiger partial charge is 0.347 e. The zero-order chi connectivity index (χ0) is 24.2. The van der Waals surface area contributed by atoms with Gasteiger partial charge in [0.25, 0.3) is 5.91 Å². The van der Waals surface area contributed by atoms with Gasteiger partial charge >= 0.3 is 5.97 Å². The van der Waals surface area contributed by atoms with E-state index in [1.807, 2.05) is 19.2 Å². The molecule has 1 saturated heterocycles. The van der Waals surface area contributed by atoms with Crippen molar-refractivity contribution in [3.8, 4) is 0 Å². The molecule has 0 bridgehead atoms. The summed E-state index contributed by atoms with van der Waals surface area (Å²) in [5.74, 6) is -1.27. The first-order chi connectivity index (χ1) is 16.4. The van der Waals surface area contributed by atoms with E-state index in [-0.39, 0.29) is 17.1 Å². The third kappa shape index (κ3) is 4.30. The Morgan fingerprint density at radius 2 is 1.74 bits per heavy atom. The zero-order valence-corrected chi connectivity index (χ0v) is 19.1. The van der Waals surface area contributed by atoms with Crippen molar-refractivity contribution in [2.24, 2.45) is 5.73 Å². The second-order valence-corrected chi connectivity index (χ2v) is 8.84. The van der Waals surface area contributed by atoms with Gasteiger partial charge in [-0.1, -0.05) is 60.7 Å². The Labute approximate surface area is 198 Å². The molecule has 1 aliphatic rings. The van der Waals surface area contributed by atoms with Crippen LogP contribution < -0.4 is 5.73 Å². The number of amides is 1. The molecule has 3 aromatic rings. The van der Waals surface area contributed by atoms with Crippen LogP contribution >= 0.6 is 0 Å². The van der Waals surface area contributed by atoms with Crippen molar-refractivity contribution < 1.29 is 23.9 Å². The molecule has 2 aromatic carbocycles. The van der Waals surface area contributed by atoms with Crippen LogP contribution in [-0.4, -0.2) is 57.7 Å². The summed E-state index contributed by atoms with van der Waals surface area (Å²) in [4.78, 5) is 34.3. The Kier molecular flexibility index (Phi) is 6.72. The minimum Gasteiger partial charge on any atom is -0.457 e. The largest absolute Gasteiger partial charge is 0.457 e. The number of carbonyl (C=O) groups excluding carboxylic acids is 2. The van der Waals surface area contributed by atoms with Crippen LogP contribution in [0.15, 0.2) is 79.3 Å². The average Bonchev–Trinajstić information content (AvgIpc) is 3.24. The van der Waals surface area contributed by atoms with Gasteiger partial charge in [-0.15, -0.1) is 0 Å². The van der Waals surface area contributed by atoms with Gasteiger partial charge in [-0.2, -0.15) is 0 Å². The van der Waals surface area contributed by atoms with Crippen molar-refractivity contribution in [1.82, 2.24) is 9.97 Å². The van der Waals surface area contributed by atoms with Gasteiger partial charge in [0, 0.05) is 25.2 Å². The summed E-state index contributed by atoms with van der Waals surface area (Å²) in [5, 5.41) is 11.6. The topological polar surface area (TPSA) is 115 Å². The number of nitrogens with zero attached hydrogens (tertiary/aromatic N) is 3. The summed E-state index contributed by atoms with van der Waals surface area (Å²) in [6.45, 7) is 0.704. The number of quaternary nitrogens is 1. The van der Waals surface area contributed by atoms with E-state index in [0.717, 1.165) is 12.8 Å². The fourth-order valence-electron chi connectivity index (χ4n) is 4.97. The van der Waals surface area contributed by atoms with E-state index in [1.165, 1.54) is 6.20 Å². The van der Waals surface area contributed by atoms with Gasteiger partial charge in [0.1, 0.15) is 18.3 Å². The number of nitrogens with two attached hydrogens (primary N) is 1. The average molecular weight is 462 g/mol. The first-order valence-corrected chi connectivity index (χ1v) is 11.3. The van der Waals surface area contributed by atoms with Gasteiger partial charge in [-0.05, 0) is 11.1 Å². The molecule has 4 rings (SSSR count). The van der Waals surface area contributed by atoms with E-state index in [0.29, 0.717) is 23.4 Å². The summed E-state index contributed by atoms with van der Waals surface area (Å²) in [7, 11) is 1.93. The fraction of sp³-hybridized carbons (Fsp3) is 0.308. The van der Waals surface area contributed by atoms with Gasteiger partial charge < -0.3 is 20.1 Å². The predicted molar refractivity (Wildman–Crippen MR) is 125 cm³/mol. The normalized spacial score (nSPS) is 21.1. The molecule has 3 N–H and O–H groups in total. The number of primary amides is 1. The number of esters is 1. The van der Waals surface area contributed by atoms with Gasteiger partial charge in [-0.25, -0.2) is 4.79 Å². The van der Waals surface area contributed by atoms with Crippen LogP contribution in [0.3, 0.4) is 0 Å². The Morgan fingerprint density at radius 3 is 2.26 bits per heavy atom. The molecule has 3 unspecified atom stereocenters. The van der Waals surface area contributed by atoms with Crippen molar-refractivity contribution in [1.29, 1.82) is 0 Å². The molecule has 0 saturated carbocycles. The quantitative estimate of drug-likeness (QED) is 0.392. The molecular formula is C26H29N4O4+. The van der Waals surface area contributed by atoms with Gasteiger partial charge in [-0.3, -0.25) is 14.8 Å². The molecule has 1 fully saturated rings. The molecule has 8 heteroatoms. The maximum atomic E-state index is 13.4. The Hall–Kier alpha value is -3.62. The van der Waals surface area contributed by atoms with Crippen LogP contribution in [0.4, 0.5) is 0 Å². The number of ether oxygens (including phenoxy) is 1. The standard InChI is InChI=1S/C26H28N4O4/c1-30(23(24(27)31)22-17-28-14-15-29-22)16-8-13-21(30)18-34-25(32)26(33,19-9-4-2-5-10-19)20-11-6-3-7-12-20/h2-7,9-12,14-15,17,21,23,33H,8,13,16,18H2,1H3,(H-,27,31)/p+1. The van der Waals surface area contributed by atoms with Gasteiger partial charge in [0.2, 0.25) is 11.6 Å². The Morgan fingerprint density at radius 1 is 1.12 bits per heavy atom. The van der Waals surface area contributed by atoms with Gasteiger partial charge in [0.15, 0.2) is 0 Å². The number of aromatic nitrogens is 2. The van der Waals surface area contributed by atoms with Crippen LogP contribution in [-0.2, 0) is 19.9 Å². The van der Waals surface area contributed by atoms with Crippen molar-refractivity contribution in [2.75, 3.05) is 20.2 Å². The highest BCUT2D eigenvalue weighted by Crippen LogP contribution is 2.37. The molecule has 1 aromatic heterocycles. The van der Waals surface area contributed by atoms with Gasteiger partial charge in [0.05, 0.1) is 19.8 Å². The Bertz CT molecular complexity index is 1090. The lowest BCUT2D eigenvalue weighted by Gasteiger charge is -2.41. The van der Waals surface area contributed by atoms with Crippen LogP contribution in [0.2, 0.25) is 0 Å². The first kappa shape index (κ1) is 23.5. The minimum absolute atomic E-state index is 0.0291. The number of benzene rings is 2. The van der Waals surface area contributed by atoms with E-state index in [4.69, 9.17) is 10.5 Å². The second-order valence-electron chi connectivity index (χ2n) is 8.84. The van der Waals surface area contributed by atoms with Crippen molar-refractivity contribution >= 4 is 11.9 Å². The maximum absolute atomic E-state index is 13.4. The monoisotopic (exact) mass is 461 g/mol. The Balaban J connectivity index is 1.60. The number of likely N-dealkylation sites (N-methyl/N-ethyl adjacent to an activating group) is 1. The van der Waals surface area contributed by atoms with E-state index in [9.17, 15) is 14.7 Å². The number of hydrogen-bond acceptors (Lipinski definition) is 6. The van der Waals surface area contributed by atoms with E-state index < -0.39 is 23.5 Å². The van der Waals surface area contributed by atoms with Crippen LogP contribution in [0, 0.1) is 0 Å². The number of aliphatic hydroxyl groups is 1.